The number of carbonyl (C=O) groups is 1. The fraction of sp³-hybridized carbons (Fsp3) is 0.611. The molecule has 0 aromatic heterocycles. The highest BCUT2D eigenvalue weighted by molar-refractivity contribution is 5.85. The summed E-state index contributed by atoms with van der Waals surface area (Å²) >= 11 is 0. The van der Waals surface area contributed by atoms with Crippen LogP contribution in [0.3, 0.4) is 0 Å². The van der Waals surface area contributed by atoms with Crippen LogP contribution < -0.4 is 11.1 Å². The zero-order chi connectivity index (χ0) is 15.5. The number of carbonyl (C=O) groups excluding carboxylic acids is 1. The van der Waals surface area contributed by atoms with Crippen LogP contribution in [0, 0.1) is 5.92 Å². The van der Waals surface area contributed by atoms with Crippen LogP contribution >= 0.6 is 12.4 Å². The van der Waals surface area contributed by atoms with Gasteiger partial charge in [-0.25, -0.2) is 0 Å². The van der Waals surface area contributed by atoms with Crippen LogP contribution in [0.1, 0.15) is 64.0 Å². The number of amides is 1. The molecule has 1 aromatic carbocycles. The Morgan fingerprint density at radius 3 is 2.32 bits per heavy atom. The first-order valence-corrected chi connectivity index (χ1v) is 8.18. The fourth-order valence-electron chi connectivity index (χ4n) is 2.49. The van der Waals surface area contributed by atoms with E-state index in [2.05, 4.69) is 31.3 Å². The van der Waals surface area contributed by atoms with E-state index < -0.39 is 0 Å². The van der Waals surface area contributed by atoms with Gasteiger partial charge in [-0.15, -0.1) is 12.4 Å². The third-order valence-corrected chi connectivity index (χ3v) is 3.60. The lowest BCUT2D eigenvalue weighted by molar-refractivity contribution is -0.122. The SMILES string of the molecule is CC(C)CC(NC(=O)CCCCCCN)c1ccccc1.Cl. The molecule has 1 aromatic rings. The Morgan fingerprint density at radius 2 is 1.73 bits per heavy atom. The standard InChI is InChI=1S/C18H30N2O.ClH/c1-15(2)14-17(16-10-6-5-7-11-16)20-18(21)12-8-3-4-9-13-19;/h5-7,10-11,15,17H,3-4,8-9,12-14,19H2,1-2H3,(H,20,21);1H. The highest BCUT2D eigenvalue weighted by Gasteiger charge is 2.15. The molecule has 4 heteroatoms. The van der Waals surface area contributed by atoms with Gasteiger partial charge >= 0.3 is 0 Å². The van der Waals surface area contributed by atoms with E-state index in [4.69, 9.17) is 5.73 Å². The van der Waals surface area contributed by atoms with Gasteiger partial charge in [0.05, 0.1) is 6.04 Å². The molecule has 0 spiro atoms. The molecule has 0 aliphatic heterocycles. The minimum atomic E-state index is 0. The molecule has 0 radical (unpaired) electrons. The van der Waals surface area contributed by atoms with Gasteiger partial charge in [0.15, 0.2) is 0 Å². The summed E-state index contributed by atoms with van der Waals surface area (Å²) in [4.78, 5) is 12.1. The van der Waals surface area contributed by atoms with Crippen LogP contribution in [-0.4, -0.2) is 12.5 Å². The summed E-state index contributed by atoms with van der Waals surface area (Å²) in [6.07, 6.45) is 5.81. The molecule has 0 saturated heterocycles. The summed E-state index contributed by atoms with van der Waals surface area (Å²) in [5.41, 5.74) is 6.66. The van der Waals surface area contributed by atoms with Crippen LogP contribution in [0.4, 0.5) is 0 Å². The quantitative estimate of drug-likeness (QED) is 0.632. The highest BCUT2D eigenvalue weighted by atomic mass is 35.5. The number of hydrogen-bond donors (Lipinski definition) is 2. The minimum absolute atomic E-state index is 0. The maximum atomic E-state index is 12.1. The van der Waals surface area contributed by atoms with Crippen molar-refractivity contribution in [2.75, 3.05) is 6.54 Å². The van der Waals surface area contributed by atoms with Gasteiger partial charge in [-0.3, -0.25) is 4.79 Å². The third kappa shape index (κ3) is 9.06. The van der Waals surface area contributed by atoms with Crippen molar-refractivity contribution in [2.24, 2.45) is 11.7 Å². The normalized spacial score (nSPS) is 11.8. The topological polar surface area (TPSA) is 55.1 Å². The molecule has 22 heavy (non-hydrogen) atoms. The third-order valence-electron chi connectivity index (χ3n) is 3.60. The largest absolute Gasteiger partial charge is 0.349 e. The maximum Gasteiger partial charge on any atom is 0.220 e. The van der Waals surface area contributed by atoms with Gasteiger partial charge in [-0.2, -0.15) is 0 Å². The maximum absolute atomic E-state index is 12.1. The van der Waals surface area contributed by atoms with Crippen molar-refractivity contribution in [1.29, 1.82) is 0 Å². The molecular formula is C18H31ClN2O. The van der Waals surface area contributed by atoms with Crippen LogP contribution in [0.5, 0.6) is 0 Å². The van der Waals surface area contributed by atoms with Crippen molar-refractivity contribution in [2.45, 2.75) is 58.4 Å². The Bertz CT molecular complexity index is 395. The lowest BCUT2D eigenvalue weighted by Crippen LogP contribution is -2.29. The molecule has 0 fully saturated rings. The molecule has 1 amide bonds. The molecule has 0 bridgehead atoms. The molecule has 0 aliphatic carbocycles. The molecule has 3 nitrogen and oxygen atoms in total. The fourth-order valence-corrected chi connectivity index (χ4v) is 2.49. The molecule has 1 atom stereocenters. The number of hydrogen-bond acceptors (Lipinski definition) is 2. The number of halogens is 1. The van der Waals surface area contributed by atoms with Crippen molar-refractivity contribution in [3.8, 4) is 0 Å². The minimum Gasteiger partial charge on any atom is -0.349 e. The zero-order valence-electron chi connectivity index (χ0n) is 13.9. The summed E-state index contributed by atoms with van der Waals surface area (Å²) < 4.78 is 0. The number of benzene rings is 1. The van der Waals surface area contributed by atoms with E-state index in [1.807, 2.05) is 18.2 Å². The Kier molecular flexibility index (Phi) is 11.9. The van der Waals surface area contributed by atoms with Crippen LogP contribution in [0.15, 0.2) is 30.3 Å². The Balaban J connectivity index is 0.00000441. The molecule has 0 aliphatic rings. The summed E-state index contributed by atoms with van der Waals surface area (Å²) in [5, 5.41) is 3.19. The summed E-state index contributed by atoms with van der Waals surface area (Å²) in [5.74, 6) is 0.720. The molecular weight excluding hydrogens is 296 g/mol. The second-order valence-corrected chi connectivity index (χ2v) is 6.11. The summed E-state index contributed by atoms with van der Waals surface area (Å²) in [6, 6.07) is 10.4. The van der Waals surface area contributed by atoms with Gasteiger partial charge in [0, 0.05) is 6.42 Å². The van der Waals surface area contributed by atoms with E-state index in [0.29, 0.717) is 12.3 Å². The van der Waals surface area contributed by atoms with Gasteiger partial charge in [-0.1, -0.05) is 57.0 Å². The highest BCUT2D eigenvalue weighted by Crippen LogP contribution is 2.21. The van der Waals surface area contributed by atoms with Crippen molar-refractivity contribution < 1.29 is 4.79 Å². The first kappa shape index (κ1) is 20.9. The second kappa shape index (κ2) is 12.5. The summed E-state index contributed by atoms with van der Waals surface area (Å²) in [6.45, 7) is 5.13. The lowest BCUT2D eigenvalue weighted by Gasteiger charge is -2.21. The van der Waals surface area contributed by atoms with Gasteiger partial charge in [-0.05, 0) is 37.3 Å². The predicted molar refractivity (Wildman–Crippen MR) is 96.2 cm³/mol. The van der Waals surface area contributed by atoms with Crippen molar-refractivity contribution in [3.63, 3.8) is 0 Å². The van der Waals surface area contributed by atoms with E-state index >= 15 is 0 Å². The molecule has 0 saturated carbocycles. The van der Waals surface area contributed by atoms with E-state index in [1.165, 1.54) is 5.56 Å². The molecule has 1 rings (SSSR count). The predicted octanol–water partition coefficient (Wildman–Crippen LogP) is 4.22. The van der Waals surface area contributed by atoms with Crippen molar-refractivity contribution >= 4 is 18.3 Å². The van der Waals surface area contributed by atoms with Gasteiger partial charge in [0.2, 0.25) is 5.91 Å². The molecule has 3 N–H and O–H groups in total. The monoisotopic (exact) mass is 326 g/mol. The van der Waals surface area contributed by atoms with Gasteiger partial charge in [0.25, 0.3) is 0 Å². The number of nitrogens with one attached hydrogen (secondary N) is 1. The van der Waals surface area contributed by atoms with E-state index in [-0.39, 0.29) is 24.4 Å². The van der Waals surface area contributed by atoms with E-state index in [0.717, 1.165) is 38.6 Å². The van der Waals surface area contributed by atoms with E-state index in [1.54, 1.807) is 0 Å². The van der Waals surface area contributed by atoms with Crippen LogP contribution in [-0.2, 0) is 4.79 Å². The lowest BCUT2D eigenvalue weighted by atomic mass is 9.97. The average molecular weight is 327 g/mol. The van der Waals surface area contributed by atoms with Crippen molar-refractivity contribution in [1.82, 2.24) is 5.32 Å². The van der Waals surface area contributed by atoms with E-state index in [9.17, 15) is 4.79 Å². The number of rotatable bonds is 10. The first-order valence-electron chi connectivity index (χ1n) is 8.18. The molecule has 0 heterocycles. The summed E-state index contributed by atoms with van der Waals surface area (Å²) in [7, 11) is 0. The Morgan fingerprint density at radius 1 is 1.09 bits per heavy atom. The first-order chi connectivity index (χ1) is 10.1. The average Bonchev–Trinajstić information content (AvgIpc) is 2.47. The zero-order valence-corrected chi connectivity index (χ0v) is 14.7. The van der Waals surface area contributed by atoms with Crippen LogP contribution in [0.25, 0.3) is 0 Å². The second-order valence-electron chi connectivity index (χ2n) is 6.11. The smallest absolute Gasteiger partial charge is 0.220 e. The molecule has 126 valence electrons. The Labute approximate surface area is 141 Å². The Hall–Kier alpha value is -1.06. The molecule has 1 unspecified atom stereocenters. The van der Waals surface area contributed by atoms with Gasteiger partial charge < -0.3 is 11.1 Å². The van der Waals surface area contributed by atoms with Crippen molar-refractivity contribution in [3.05, 3.63) is 35.9 Å². The number of unbranched alkanes of at least 4 members (excludes halogenated alkanes) is 3. The van der Waals surface area contributed by atoms with Crippen LogP contribution in [0.2, 0.25) is 0 Å². The number of nitrogens with two attached hydrogens (primary N) is 1. The van der Waals surface area contributed by atoms with Gasteiger partial charge in [0.1, 0.15) is 0 Å².